The van der Waals surface area contributed by atoms with Gasteiger partial charge in [-0.3, -0.25) is 14.8 Å². The van der Waals surface area contributed by atoms with Crippen LogP contribution in [0.1, 0.15) is 23.5 Å². The van der Waals surface area contributed by atoms with Gasteiger partial charge < -0.3 is 5.32 Å². The Hall–Kier alpha value is -2.96. The Morgan fingerprint density at radius 2 is 2.00 bits per heavy atom. The fourth-order valence-corrected chi connectivity index (χ4v) is 3.01. The van der Waals surface area contributed by atoms with Crippen molar-refractivity contribution in [2.24, 2.45) is 0 Å². The van der Waals surface area contributed by atoms with Crippen LogP contribution in [0.4, 0.5) is 11.4 Å². The summed E-state index contributed by atoms with van der Waals surface area (Å²) in [7, 11) is 0. The van der Waals surface area contributed by atoms with Crippen LogP contribution >= 0.6 is 0 Å². The molecule has 25 heavy (non-hydrogen) atoms. The lowest BCUT2D eigenvalue weighted by Crippen LogP contribution is -2.09. The summed E-state index contributed by atoms with van der Waals surface area (Å²) < 4.78 is 2.00. The van der Waals surface area contributed by atoms with Crippen LogP contribution in [0.25, 0.3) is 10.9 Å². The fraction of sp³-hybridized carbons (Fsp3) is 0.333. The largest absolute Gasteiger partial charge is 0.384 e. The van der Waals surface area contributed by atoms with Gasteiger partial charge in [0, 0.05) is 41.6 Å². The standard InChI is InChI=1S/C18H21N5O2/c1-12-11-16(15-6-4-7-17(23(24)25)18(15)20-12)19-8-5-9-22-14(3)10-13(2)21-22/h4,6-7,10-11H,5,8-9H2,1-3H3,(H,19,20). The van der Waals surface area contributed by atoms with Crippen LogP contribution in [0.15, 0.2) is 30.3 Å². The van der Waals surface area contributed by atoms with Crippen molar-refractivity contribution in [2.75, 3.05) is 11.9 Å². The molecule has 0 aliphatic rings. The van der Waals surface area contributed by atoms with Gasteiger partial charge in [-0.1, -0.05) is 12.1 Å². The van der Waals surface area contributed by atoms with Gasteiger partial charge >= 0.3 is 0 Å². The Kier molecular flexibility index (Phi) is 4.65. The first-order chi connectivity index (χ1) is 12.0. The van der Waals surface area contributed by atoms with Gasteiger partial charge in [0.15, 0.2) is 5.52 Å². The van der Waals surface area contributed by atoms with Crippen LogP contribution < -0.4 is 5.32 Å². The van der Waals surface area contributed by atoms with Crippen molar-refractivity contribution in [3.05, 3.63) is 57.5 Å². The van der Waals surface area contributed by atoms with E-state index in [0.29, 0.717) is 5.52 Å². The monoisotopic (exact) mass is 339 g/mol. The highest BCUT2D eigenvalue weighted by Crippen LogP contribution is 2.29. The molecule has 0 saturated heterocycles. The molecule has 0 bridgehead atoms. The molecule has 2 aromatic heterocycles. The number of rotatable bonds is 6. The molecule has 3 aromatic rings. The van der Waals surface area contributed by atoms with Gasteiger partial charge in [0.1, 0.15) is 0 Å². The minimum absolute atomic E-state index is 0.0342. The number of benzene rings is 1. The van der Waals surface area contributed by atoms with Crippen molar-refractivity contribution in [1.29, 1.82) is 0 Å². The number of fused-ring (bicyclic) bond motifs is 1. The predicted molar refractivity (Wildman–Crippen MR) is 97.9 cm³/mol. The quantitative estimate of drug-likeness (QED) is 0.420. The lowest BCUT2D eigenvalue weighted by molar-refractivity contribution is -0.383. The Balaban J connectivity index is 1.76. The van der Waals surface area contributed by atoms with E-state index in [2.05, 4.69) is 21.5 Å². The topological polar surface area (TPSA) is 85.9 Å². The number of nitrogens with one attached hydrogen (secondary N) is 1. The minimum atomic E-state index is -0.388. The second kappa shape index (κ2) is 6.88. The summed E-state index contributed by atoms with van der Waals surface area (Å²) in [6, 6.07) is 9.03. The zero-order valence-electron chi connectivity index (χ0n) is 14.6. The van der Waals surface area contributed by atoms with Gasteiger partial charge in [-0.15, -0.1) is 0 Å². The number of nitro groups is 1. The Morgan fingerprint density at radius 1 is 1.20 bits per heavy atom. The fourth-order valence-electron chi connectivity index (χ4n) is 3.01. The van der Waals surface area contributed by atoms with Crippen molar-refractivity contribution < 1.29 is 4.92 Å². The van der Waals surface area contributed by atoms with Crippen LogP contribution in [0.2, 0.25) is 0 Å². The normalized spacial score (nSPS) is 11.0. The molecule has 1 aromatic carbocycles. The molecule has 130 valence electrons. The zero-order chi connectivity index (χ0) is 18.0. The number of para-hydroxylation sites is 1. The van der Waals surface area contributed by atoms with E-state index < -0.39 is 0 Å². The molecule has 0 radical (unpaired) electrons. The maximum absolute atomic E-state index is 11.2. The molecule has 2 heterocycles. The van der Waals surface area contributed by atoms with Crippen molar-refractivity contribution >= 4 is 22.3 Å². The number of aryl methyl sites for hydroxylation is 4. The van der Waals surface area contributed by atoms with Gasteiger partial charge in [0.05, 0.1) is 10.6 Å². The highest BCUT2D eigenvalue weighted by Gasteiger charge is 2.15. The number of non-ortho nitro benzene ring substituents is 1. The first-order valence-electron chi connectivity index (χ1n) is 8.25. The maximum Gasteiger partial charge on any atom is 0.295 e. The second-order valence-corrected chi connectivity index (χ2v) is 6.17. The van der Waals surface area contributed by atoms with Gasteiger partial charge in [0.25, 0.3) is 5.69 Å². The second-order valence-electron chi connectivity index (χ2n) is 6.17. The van der Waals surface area contributed by atoms with E-state index in [9.17, 15) is 10.1 Å². The molecular formula is C18H21N5O2. The van der Waals surface area contributed by atoms with E-state index in [4.69, 9.17) is 0 Å². The minimum Gasteiger partial charge on any atom is -0.384 e. The van der Waals surface area contributed by atoms with Gasteiger partial charge in [-0.2, -0.15) is 5.10 Å². The molecule has 7 heteroatoms. The Labute approximate surface area is 145 Å². The summed E-state index contributed by atoms with van der Waals surface area (Å²) >= 11 is 0. The summed E-state index contributed by atoms with van der Waals surface area (Å²) in [6.07, 6.45) is 0.903. The number of nitrogens with zero attached hydrogens (tertiary/aromatic N) is 4. The van der Waals surface area contributed by atoms with E-state index in [1.54, 1.807) is 6.07 Å². The molecule has 0 fully saturated rings. The van der Waals surface area contributed by atoms with E-state index in [0.717, 1.165) is 47.7 Å². The van der Waals surface area contributed by atoms with Crippen molar-refractivity contribution in [1.82, 2.24) is 14.8 Å². The van der Waals surface area contributed by atoms with Crippen molar-refractivity contribution in [3.63, 3.8) is 0 Å². The van der Waals surface area contributed by atoms with Crippen LogP contribution in [-0.2, 0) is 6.54 Å². The molecule has 7 nitrogen and oxygen atoms in total. The molecule has 0 aliphatic carbocycles. The van der Waals surface area contributed by atoms with Crippen LogP contribution in [0.3, 0.4) is 0 Å². The van der Waals surface area contributed by atoms with E-state index >= 15 is 0 Å². The van der Waals surface area contributed by atoms with Gasteiger partial charge in [0.2, 0.25) is 0 Å². The van der Waals surface area contributed by atoms with E-state index in [-0.39, 0.29) is 10.6 Å². The third kappa shape index (κ3) is 3.60. The smallest absolute Gasteiger partial charge is 0.295 e. The average molecular weight is 339 g/mol. The van der Waals surface area contributed by atoms with Crippen molar-refractivity contribution in [2.45, 2.75) is 33.7 Å². The molecule has 0 saturated carbocycles. The lowest BCUT2D eigenvalue weighted by Gasteiger charge is -2.11. The number of hydrogen-bond donors (Lipinski definition) is 1. The predicted octanol–water partition coefficient (Wildman–Crippen LogP) is 3.77. The van der Waals surface area contributed by atoms with E-state index in [1.165, 1.54) is 6.07 Å². The average Bonchev–Trinajstić information content (AvgIpc) is 2.88. The Bertz CT molecular complexity index is 933. The number of nitro benzene ring substituents is 1. The SMILES string of the molecule is Cc1cc(NCCCn2nc(C)cc2C)c2cccc([N+](=O)[O-])c2n1. The maximum atomic E-state index is 11.2. The summed E-state index contributed by atoms with van der Waals surface area (Å²) in [6.45, 7) is 7.46. The zero-order valence-corrected chi connectivity index (χ0v) is 14.6. The summed E-state index contributed by atoms with van der Waals surface area (Å²) in [5, 5.41) is 19.8. The lowest BCUT2D eigenvalue weighted by atomic mass is 10.1. The van der Waals surface area contributed by atoms with Crippen molar-refractivity contribution in [3.8, 4) is 0 Å². The molecular weight excluding hydrogens is 318 g/mol. The van der Waals surface area contributed by atoms with Crippen LogP contribution in [0.5, 0.6) is 0 Å². The molecule has 0 spiro atoms. The Morgan fingerprint density at radius 3 is 2.68 bits per heavy atom. The molecule has 0 amide bonds. The highest BCUT2D eigenvalue weighted by atomic mass is 16.6. The van der Waals surface area contributed by atoms with Crippen LogP contribution in [0, 0.1) is 30.9 Å². The number of aromatic nitrogens is 3. The number of pyridine rings is 1. The van der Waals surface area contributed by atoms with Gasteiger partial charge in [-0.25, -0.2) is 4.98 Å². The molecule has 0 aliphatic heterocycles. The first kappa shape index (κ1) is 16.9. The third-order valence-electron chi connectivity index (χ3n) is 4.11. The third-order valence-corrected chi connectivity index (χ3v) is 4.11. The highest BCUT2D eigenvalue weighted by molar-refractivity contribution is 5.96. The first-order valence-corrected chi connectivity index (χ1v) is 8.25. The number of anilines is 1. The van der Waals surface area contributed by atoms with Crippen LogP contribution in [-0.4, -0.2) is 26.2 Å². The summed E-state index contributed by atoms with van der Waals surface area (Å²) in [5.41, 5.74) is 4.26. The molecule has 0 atom stereocenters. The molecule has 0 unspecified atom stereocenters. The van der Waals surface area contributed by atoms with E-state index in [1.807, 2.05) is 37.6 Å². The summed E-state index contributed by atoms with van der Waals surface area (Å²) in [5.74, 6) is 0. The van der Waals surface area contributed by atoms with Gasteiger partial charge in [-0.05, 0) is 39.3 Å². The molecule has 1 N–H and O–H groups in total. The number of hydrogen-bond acceptors (Lipinski definition) is 5. The summed E-state index contributed by atoms with van der Waals surface area (Å²) in [4.78, 5) is 15.2. The molecule has 3 rings (SSSR count).